The summed E-state index contributed by atoms with van der Waals surface area (Å²) in [6, 6.07) is 8.68. The topological polar surface area (TPSA) is 21.3 Å². The molecule has 0 spiro atoms. The first-order chi connectivity index (χ1) is 8.10. The summed E-state index contributed by atoms with van der Waals surface area (Å²) >= 11 is 0. The Morgan fingerprint density at radius 1 is 1.18 bits per heavy atom. The molecule has 96 valence electrons. The van der Waals surface area contributed by atoms with Gasteiger partial charge in [-0.25, -0.2) is 0 Å². The van der Waals surface area contributed by atoms with Crippen molar-refractivity contribution in [2.45, 2.75) is 46.3 Å². The van der Waals surface area contributed by atoms with Crippen molar-refractivity contribution in [3.8, 4) is 5.75 Å². The summed E-state index contributed by atoms with van der Waals surface area (Å²) in [6.07, 6.45) is 1.30. The monoisotopic (exact) mass is 235 g/mol. The summed E-state index contributed by atoms with van der Waals surface area (Å²) in [6.45, 7) is 8.68. The normalized spacial score (nSPS) is 14.7. The molecule has 0 amide bonds. The molecule has 0 aliphatic carbocycles. The molecular formula is C15H25NO. The molecule has 0 bridgehead atoms. The van der Waals surface area contributed by atoms with Crippen LogP contribution in [0.1, 0.15) is 45.7 Å². The van der Waals surface area contributed by atoms with Crippen molar-refractivity contribution >= 4 is 0 Å². The van der Waals surface area contributed by atoms with Gasteiger partial charge in [0, 0.05) is 11.6 Å². The van der Waals surface area contributed by atoms with Crippen LogP contribution in [-0.2, 0) is 0 Å². The molecule has 0 radical (unpaired) electrons. The second-order valence-electron chi connectivity index (χ2n) is 4.85. The van der Waals surface area contributed by atoms with E-state index in [-0.39, 0.29) is 6.10 Å². The highest BCUT2D eigenvalue weighted by atomic mass is 16.5. The van der Waals surface area contributed by atoms with Gasteiger partial charge in [-0.05, 0) is 32.4 Å². The van der Waals surface area contributed by atoms with E-state index in [9.17, 15) is 0 Å². The van der Waals surface area contributed by atoms with Gasteiger partial charge in [0.2, 0.25) is 0 Å². The first-order valence-electron chi connectivity index (χ1n) is 6.53. The van der Waals surface area contributed by atoms with Gasteiger partial charge in [-0.1, -0.05) is 39.0 Å². The number of hydrogen-bond acceptors (Lipinski definition) is 2. The van der Waals surface area contributed by atoms with Crippen molar-refractivity contribution in [3.05, 3.63) is 29.8 Å². The Bertz CT molecular complexity index is 331. The van der Waals surface area contributed by atoms with E-state index in [2.05, 4.69) is 51.2 Å². The van der Waals surface area contributed by atoms with Crippen LogP contribution in [0.2, 0.25) is 0 Å². The molecule has 0 saturated carbocycles. The summed E-state index contributed by atoms with van der Waals surface area (Å²) in [5.74, 6) is 1.53. The Morgan fingerprint density at radius 3 is 2.35 bits per heavy atom. The van der Waals surface area contributed by atoms with E-state index in [1.54, 1.807) is 0 Å². The van der Waals surface area contributed by atoms with Crippen molar-refractivity contribution in [2.75, 3.05) is 7.05 Å². The van der Waals surface area contributed by atoms with Crippen LogP contribution in [-0.4, -0.2) is 13.2 Å². The second kappa shape index (κ2) is 6.65. The van der Waals surface area contributed by atoms with Crippen LogP contribution < -0.4 is 10.1 Å². The second-order valence-corrected chi connectivity index (χ2v) is 4.85. The summed E-state index contributed by atoms with van der Waals surface area (Å²) in [5.41, 5.74) is 1.25. The lowest BCUT2D eigenvalue weighted by atomic mass is 10.0. The highest BCUT2D eigenvalue weighted by molar-refractivity contribution is 5.36. The van der Waals surface area contributed by atoms with Crippen molar-refractivity contribution in [2.24, 2.45) is 5.92 Å². The predicted octanol–water partition coefficient (Wildman–Crippen LogP) is 3.78. The third kappa shape index (κ3) is 3.74. The highest BCUT2D eigenvalue weighted by Gasteiger charge is 2.15. The van der Waals surface area contributed by atoms with Crippen LogP contribution in [0.3, 0.4) is 0 Å². The highest BCUT2D eigenvalue weighted by Crippen LogP contribution is 2.28. The van der Waals surface area contributed by atoms with Crippen LogP contribution in [0.25, 0.3) is 0 Å². The number of benzene rings is 1. The molecule has 1 aromatic carbocycles. The lowest BCUT2D eigenvalue weighted by Crippen LogP contribution is -2.22. The smallest absolute Gasteiger partial charge is 0.124 e. The summed E-state index contributed by atoms with van der Waals surface area (Å²) < 4.78 is 6.05. The number of para-hydroxylation sites is 1. The maximum atomic E-state index is 6.05. The fraction of sp³-hybridized carbons (Fsp3) is 0.600. The summed E-state index contributed by atoms with van der Waals surface area (Å²) in [7, 11) is 2.00. The summed E-state index contributed by atoms with van der Waals surface area (Å²) in [5, 5.41) is 3.33. The lowest BCUT2D eigenvalue weighted by Gasteiger charge is -2.23. The maximum Gasteiger partial charge on any atom is 0.124 e. The Balaban J connectivity index is 2.91. The fourth-order valence-corrected chi connectivity index (χ4v) is 1.79. The molecule has 0 aliphatic heterocycles. The third-order valence-electron chi connectivity index (χ3n) is 3.30. The Hall–Kier alpha value is -1.02. The maximum absolute atomic E-state index is 6.05. The molecule has 1 N–H and O–H groups in total. The van der Waals surface area contributed by atoms with E-state index in [1.165, 1.54) is 5.56 Å². The van der Waals surface area contributed by atoms with Gasteiger partial charge in [-0.2, -0.15) is 0 Å². The minimum Gasteiger partial charge on any atom is -0.490 e. The van der Waals surface area contributed by atoms with Gasteiger partial charge in [-0.3, -0.25) is 0 Å². The molecule has 17 heavy (non-hydrogen) atoms. The van der Waals surface area contributed by atoms with Gasteiger partial charge in [0.15, 0.2) is 0 Å². The average molecular weight is 235 g/mol. The van der Waals surface area contributed by atoms with Gasteiger partial charge < -0.3 is 10.1 Å². The van der Waals surface area contributed by atoms with Gasteiger partial charge in [0.25, 0.3) is 0 Å². The van der Waals surface area contributed by atoms with Gasteiger partial charge in [-0.15, -0.1) is 0 Å². The molecule has 2 nitrogen and oxygen atoms in total. The zero-order chi connectivity index (χ0) is 12.8. The van der Waals surface area contributed by atoms with E-state index in [0.29, 0.717) is 12.0 Å². The van der Waals surface area contributed by atoms with Crippen LogP contribution in [0, 0.1) is 5.92 Å². The Labute approximate surface area is 105 Å². The molecule has 2 unspecified atom stereocenters. The van der Waals surface area contributed by atoms with Crippen LogP contribution in [0.15, 0.2) is 24.3 Å². The van der Waals surface area contributed by atoms with E-state index in [1.807, 2.05) is 13.1 Å². The van der Waals surface area contributed by atoms with E-state index in [0.717, 1.165) is 12.2 Å². The minimum absolute atomic E-state index is 0.241. The van der Waals surface area contributed by atoms with E-state index < -0.39 is 0 Å². The van der Waals surface area contributed by atoms with Crippen molar-refractivity contribution in [1.29, 1.82) is 0 Å². The van der Waals surface area contributed by atoms with Gasteiger partial charge in [0.05, 0.1) is 6.10 Å². The first-order valence-corrected chi connectivity index (χ1v) is 6.53. The quantitative estimate of drug-likeness (QED) is 0.810. The lowest BCUT2D eigenvalue weighted by molar-refractivity contribution is 0.167. The van der Waals surface area contributed by atoms with Gasteiger partial charge >= 0.3 is 0 Å². The molecule has 1 aromatic rings. The number of nitrogens with one attached hydrogen (secondary N) is 1. The molecule has 0 fully saturated rings. The molecule has 2 atom stereocenters. The largest absolute Gasteiger partial charge is 0.490 e. The van der Waals surface area contributed by atoms with Crippen LogP contribution in [0.5, 0.6) is 5.75 Å². The molecule has 1 rings (SSSR count). The van der Waals surface area contributed by atoms with Crippen molar-refractivity contribution < 1.29 is 4.74 Å². The molecule has 0 aromatic heterocycles. The predicted molar refractivity (Wildman–Crippen MR) is 73.5 cm³/mol. The zero-order valence-electron chi connectivity index (χ0n) is 11.7. The molecule has 2 heteroatoms. The minimum atomic E-state index is 0.241. The fourth-order valence-electron chi connectivity index (χ4n) is 1.79. The van der Waals surface area contributed by atoms with Crippen LogP contribution >= 0.6 is 0 Å². The van der Waals surface area contributed by atoms with Crippen LogP contribution in [0.4, 0.5) is 0 Å². The number of rotatable bonds is 6. The van der Waals surface area contributed by atoms with E-state index >= 15 is 0 Å². The van der Waals surface area contributed by atoms with Gasteiger partial charge in [0.1, 0.15) is 5.75 Å². The molecule has 0 aliphatic rings. The third-order valence-corrected chi connectivity index (χ3v) is 3.30. The summed E-state index contributed by atoms with van der Waals surface area (Å²) in [4.78, 5) is 0. The average Bonchev–Trinajstić information content (AvgIpc) is 2.32. The van der Waals surface area contributed by atoms with Crippen molar-refractivity contribution in [3.63, 3.8) is 0 Å². The number of ether oxygens (including phenoxy) is 1. The Kier molecular flexibility index (Phi) is 5.49. The first kappa shape index (κ1) is 14.0. The van der Waals surface area contributed by atoms with Crippen molar-refractivity contribution in [1.82, 2.24) is 5.32 Å². The Morgan fingerprint density at radius 2 is 1.82 bits per heavy atom. The SMILES string of the molecule is CCC(NC)c1ccccc1OC(C)C(C)C. The standard InChI is InChI=1S/C15H25NO/c1-6-14(16-5)13-9-7-8-10-15(13)17-12(4)11(2)3/h7-12,14,16H,6H2,1-5H3. The van der Waals surface area contributed by atoms with E-state index in [4.69, 9.17) is 4.74 Å². The molecule has 0 saturated heterocycles. The number of hydrogen-bond donors (Lipinski definition) is 1. The zero-order valence-corrected chi connectivity index (χ0v) is 11.7. The molecular weight excluding hydrogens is 210 g/mol. The molecule has 0 heterocycles.